The Labute approximate surface area is 228 Å². The van der Waals surface area contributed by atoms with Gasteiger partial charge in [-0.05, 0) is 46.9 Å². The fourth-order valence-corrected chi connectivity index (χ4v) is 4.63. The maximum atomic E-state index is 13.7. The molecule has 2 aromatic carbocycles. The van der Waals surface area contributed by atoms with Crippen molar-refractivity contribution in [3.63, 3.8) is 0 Å². The van der Waals surface area contributed by atoms with E-state index in [-0.39, 0.29) is 18.4 Å². The van der Waals surface area contributed by atoms with Crippen LogP contribution in [0.25, 0.3) is 22.4 Å². The maximum Gasteiger partial charge on any atom is 0.273 e. The van der Waals surface area contributed by atoms with Crippen molar-refractivity contribution in [2.45, 2.75) is 32.9 Å². The number of likely N-dealkylation sites (N-methyl/N-ethyl adjacent to an activating group) is 1. The molecule has 200 valence electrons. The monoisotopic (exact) mass is 523 g/mol. The van der Waals surface area contributed by atoms with Crippen molar-refractivity contribution >= 4 is 11.8 Å². The molecule has 0 N–H and O–H groups in total. The van der Waals surface area contributed by atoms with Crippen LogP contribution in [0, 0.1) is 0 Å². The van der Waals surface area contributed by atoms with Gasteiger partial charge in [-0.15, -0.1) is 0 Å². The standard InChI is InChI=1S/C31H33N5O3/c1-21(2)23-7-5-22(6-8-23)20-39-26-11-9-24(10-12-26)28-29(25-13-15-32-16-14-25)33-36-18-17-35(31(38)30(28)36)19-27(37)34(3)4/h5-16,21H,17-20H2,1-4H3. The molecule has 1 aliphatic rings. The van der Waals surface area contributed by atoms with Crippen molar-refractivity contribution in [2.24, 2.45) is 0 Å². The van der Waals surface area contributed by atoms with E-state index in [0.29, 0.717) is 37.0 Å². The Morgan fingerprint density at radius 3 is 2.28 bits per heavy atom. The predicted molar refractivity (Wildman–Crippen MR) is 150 cm³/mol. The summed E-state index contributed by atoms with van der Waals surface area (Å²) in [5.74, 6) is 0.909. The van der Waals surface area contributed by atoms with Gasteiger partial charge in [0.25, 0.3) is 5.91 Å². The van der Waals surface area contributed by atoms with Crippen LogP contribution >= 0.6 is 0 Å². The SMILES string of the molecule is CC(C)c1ccc(COc2ccc(-c3c(-c4ccncc4)nn4c3C(=O)N(CC(=O)N(C)C)CC4)cc2)cc1. The second kappa shape index (κ2) is 11.1. The summed E-state index contributed by atoms with van der Waals surface area (Å²) in [7, 11) is 3.39. The van der Waals surface area contributed by atoms with Crippen LogP contribution in [-0.4, -0.2) is 63.6 Å². The normalized spacial score (nSPS) is 12.9. The Morgan fingerprint density at radius 2 is 1.64 bits per heavy atom. The van der Waals surface area contributed by atoms with Gasteiger partial charge in [-0.25, -0.2) is 0 Å². The molecule has 1 aliphatic heterocycles. The van der Waals surface area contributed by atoms with Gasteiger partial charge in [-0.1, -0.05) is 50.2 Å². The molecule has 2 aromatic heterocycles. The van der Waals surface area contributed by atoms with Crippen LogP contribution < -0.4 is 4.74 Å². The molecule has 0 fully saturated rings. The molecule has 0 bridgehead atoms. The van der Waals surface area contributed by atoms with Crippen molar-refractivity contribution in [3.05, 3.63) is 89.9 Å². The summed E-state index contributed by atoms with van der Waals surface area (Å²) in [6.07, 6.45) is 3.43. The Balaban J connectivity index is 1.44. The number of carbonyl (C=O) groups excluding carboxylic acids is 2. The Morgan fingerprint density at radius 1 is 0.949 bits per heavy atom. The van der Waals surface area contributed by atoms with Crippen LogP contribution in [0.5, 0.6) is 5.75 Å². The van der Waals surface area contributed by atoms with Gasteiger partial charge in [0, 0.05) is 44.2 Å². The summed E-state index contributed by atoms with van der Waals surface area (Å²) in [5, 5.41) is 4.83. The first-order chi connectivity index (χ1) is 18.8. The third-order valence-electron chi connectivity index (χ3n) is 7.00. The highest BCUT2D eigenvalue weighted by molar-refractivity contribution is 6.04. The second-order valence-electron chi connectivity index (χ2n) is 10.3. The van der Waals surface area contributed by atoms with Crippen molar-refractivity contribution in [3.8, 4) is 28.1 Å². The van der Waals surface area contributed by atoms with Crippen molar-refractivity contribution in [1.29, 1.82) is 0 Å². The molecule has 8 nitrogen and oxygen atoms in total. The quantitative estimate of drug-likeness (QED) is 0.330. The minimum atomic E-state index is -0.204. The number of benzene rings is 2. The largest absolute Gasteiger partial charge is 0.489 e. The number of pyridine rings is 1. The highest BCUT2D eigenvalue weighted by Crippen LogP contribution is 2.37. The topological polar surface area (TPSA) is 80.6 Å². The van der Waals surface area contributed by atoms with Crippen molar-refractivity contribution in [1.82, 2.24) is 24.6 Å². The van der Waals surface area contributed by atoms with Crippen molar-refractivity contribution < 1.29 is 14.3 Å². The molecule has 8 heteroatoms. The van der Waals surface area contributed by atoms with Crippen LogP contribution in [0.4, 0.5) is 0 Å². The minimum Gasteiger partial charge on any atom is -0.489 e. The van der Waals surface area contributed by atoms with E-state index in [1.54, 1.807) is 36.1 Å². The average Bonchev–Trinajstić information content (AvgIpc) is 3.35. The van der Waals surface area contributed by atoms with Gasteiger partial charge in [-0.3, -0.25) is 19.3 Å². The Kier molecular flexibility index (Phi) is 7.45. The van der Waals surface area contributed by atoms with Crippen LogP contribution in [0.3, 0.4) is 0 Å². The van der Waals surface area contributed by atoms with Crippen LogP contribution in [0.1, 0.15) is 41.4 Å². The molecule has 0 unspecified atom stereocenters. The molecule has 0 saturated carbocycles. The lowest BCUT2D eigenvalue weighted by atomic mass is 9.98. The lowest BCUT2D eigenvalue weighted by molar-refractivity contribution is -0.129. The fraction of sp³-hybridized carbons (Fsp3) is 0.290. The zero-order valence-electron chi connectivity index (χ0n) is 22.8. The molecule has 39 heavy (non-hydrogen) atoms. The van der Waals surface area contributed by atoms with E-state index >= 15 is 0 Å². The van der Waals surface area contributed by atoms with E-state index < -0.39 is 0 Å². The lowest BCUT2D eigenvalue weighted by Crippen LogP contribution is -2.45. The van der Waals surface area contributed by atoms with Gasteiger partial charge >= 0.3 is 0 Å². The predicted octanol–water partition coefficient (Wildman–Crippen LogP) is 4.86. The number of hydrogen-bond acceptors (Lipinski definition) is 5. The third kappa shape index (κ3) is 5.55. The zero-order valence-corrected chi connectivity index (χ0v) is 22.8. The molecule has 0 saturated heterocycles. The summed E-state index contributed by atoms with van der Waals surface area (Å²) in [6.45, 7) is 5.80. The van der Waals surface area contributed by atoms with Gasteiger partial charge in [0.05, 0.1) is 6.54 Å². The fourth-order valence-electron chi connectivity index (χ4n) is 4.63. The van der Waals surface area contributed by atoms with Gasteiger partial charge in [0.15, 0.2) is 0 Å². The van der Waals surface area contributed by atoms with E-state index in [0.717, 1.165) is 28.0 Å². The molecular weight excluding hydrogens is 490 g/mol. The summed E-state index contributed by atoms with van der Waals surface area (Å²) in [5.41, 5.74) is 6.06. The molecule has 0 atom stereocenters. The van der Waals surface area contributed by atoms with Crippen molar-refractivity contribution in [2.75, 3.05) is 27.2 Å². The van der Waals surface area contributed by atoms with Gasteiger partial charge in [0.2, 0.25) is 5.91 Å². The second-order valence-corrected chi connectivity index (χ2v) is 10.3. The highest BCUT2D eigenvalue weighted by atomic mass is 16.5. The number of amides is 2. The minimum absolute atomic E-state index is 0.0337. The summed E-state index contributed by atoms with van der Waals surface area (Å²) < 4.78 is 7.81. The lowest BCUT2D eigenvalue weighted by Gasteiger charge is -2.28. The van der Waals surface area contributed by atoms with Gasteiger partial charge < -0.3 is 14.5 Å². The van der Waals surface area contributed by atoms with Gasteiger partial charge in [0.1, 0.15) is 30.3 Å². The number of rotatable bonds is 8. The molecule has 3 heterocycles. The summed E-state index contributed by atoms with van der Waals surface area (Å²) in [4.78, 5) is 33.3. The first kappa shape index (κ1) is 26.2. The molecule has 0 aliphatic carbocycles. The molecular formula is C31H33N5O3. The van der Waals surface area contributed by atoms with Crippen LogP contribution in [-0.2, 0) is 17.9 Å². The molecule has 2 amide bonds. The zero-order chi connectivity index (χ0) is 27.5. The summed E-state index contributed by atoms with van der Waals surface area (Å²) >= 11 is 0. The van der Waals surface area contributed by atoms with Crippen LogP contribution in [0.15, 0.2) is 73.1 Å². The molecule has 5 rings (SSSR count). The third-order valence-corrected chi connectivity index (χ3v) is 7.00. The Hall–Kier alpha value is -4.46. The number of fused-ring (bicyclic) bond motifs is 1. The van der Waals surface area contributed by atoms with E-state index in [4.69, 9.17) is 9.84 Å². The van der Waals surface area contributed by atoms with Gasteiger partial charge in [-0.2, -0.15) is 5.10 Å². The smallest absolute Gasteiger partial charge is 0.273 e. The first-order valence-corrected chi connectivity index (χ1v) is 13.1. The van der Waals surface area contributed by atoms with E-state index in [9.17, 15) is 9.59 Å². The number of nitrogens with zero attached hydrogens (tertiary/aromatic N) is 5. The highest BCUT2D eigenvalue weighted by Gasteiger charge is 2.33. The number of hydrogen-bond donors (Lipinski definition) is 0. The molecule has 0 spiro atoms. The maximum absolute atomic E-state index is 13.7. The Bertz CT molecular complexity index is 1460. The average molecular weight is 524 g/mol. The number of ether oxygens (including phenoxy) is 1. The number of carbonyl (C=O) groups is 2. The van der Waals surface area contributed by atoms with E-state index in [2.05, 4.69) is 43.1 Å². The van der Waals surface area contributed by atoms with Crippen LogP contribution in [0.2, 0.25) is 0 Å². The number of aromatic nitrogens is 3. The van der Waals surface area contributed by atoms with E-state index in [1.165, 1.54) is 10.5 Å². The first-order valence-electron chi connectivity index (χ1n) is 13.1. The van der Waals surface area contributed by atoms with E-state index in [1.807, 2.05) is 36.4 Å². The summed E-state index contributed by atoms with van der Waals surface area (Å²) in [6, 6.07) is 20.0. The molecule has 0 radical (unpaired) electrons. The molecule has 4 aromatic rings.